The maximum atomic E-state index is 12.1. The van der Waals surface area contributed by atoms with Crippen molar-refractivity contribution in [2.45, 2.75) is 24.6 Å². The molecule has 0 aliphatic heterocycles. The van der Waals surface area contributed by atoms with Gasteiger partial charge in [-0.15, -0.1) is 11.3 Å². The van der Waals surface area contributed by atoms with Gasteiger partial charge in [-0.3, -0.25) is 9.59 Å². The summed E-state index contributed by atoms with van der Waals surface area (Å²) >= 11 is 2.97. The van der Waals surface area contributed by atoms with Gasteiger partial charge in [-0.2, -0.15) is 0 Å². The smallest absolute Gasteiger partial charge is 0.224 e. The van der Waals surface area contributed by atoms with Gasteiger partial charge < -0.3 is 5.32 Å². The molecule has 1 aromatic carbocycles. The van der Waals surface area contributed by atoms with Crippen molar-refractivity contribution >= 4 is 40.5 Å². The first kappa shape index (κ1) is 16.7. The first-order chi connectivity index (χ1) is 10.5. The molecule has 4 nitrogen and oxygen atoms in total. The number of carbonyl (C=O) groups excluding carboxylic acids is 2. The number of anilines is 1. The normalized spacial score (nSPS) is 10.7. The maximum Gasteiger partial charge on any atom is 0.224 e. The molecule has 0 saturated heterocycles. The summed E-state index contributed by atoms with van der Waals surface area (Å²) in [6, 6.07) is 7.02. The second kappa shape index (κ2) is 8.10. The molecule has 0 radical (unpaired) electrons. The average Bonchev–Trinajstić information content (AvgIpc) is 2.98. The van der Waals surface area contributed by atoms with Crippen LogP contribution in [0.2, 0.25) is 0 Å². The molecule has 1 amide bonds. The van der Waals surface area contributed by atoms with E-state index in [1.54, 1.807) is 30.5 Å². The van der Waals surface area contributed by atoms with E-state index in [1.165, 1.54) is 23.1 Å². The summed E-state index contributed by atoms with van der Waals surface area (Å²) in [7, 11) is 0. The van der Waals surface area contributed by atoms with Gasteiger partial charge in [0.05, 0.1) is 5.75 Å². The summed E-state index contributed by atoms with van der Waals surface area (Å²) in [5, 5.41) is 4.72. The molecule has 116 valence electrons. The number of amides is 1. The Labute approximate surface area is 138 Å². The highest BCUT2D eigenvalue weighted by molar-refractivity contribution is 8.01. The number of nitrogens with zero attached hydrogens (tertiary/aromatic N) is 1. The van der Waals surface area contributed by atoms with Gasteiger partial charge in [-0.25, -0.2) is 4.98 Å². The van der Waals surface area contributed by atoms with Crippen molar-refractivity contribution in [2.75, 3.05) is 11.1 Å². The Kier molecular flexibility index (Phi) is 6.15. The monoisotopic (exact) mass is 334 g/mol. The van der Waals surface area contributed by atoms with Crippen molar-refractivity contribution < 1.29 is 9.59 Å². The van der Waals surface area contributed by atoms with Gasteiger partial charge in [0.15, 0.2) is 5.78 Å². The van der Waals surface area contributed by atoms with Crippen molar-refractivity contribution in [1.82, 2.24) is 4.98 Å². The third-order valence-electron chi connectivity index (χ3n) is 2.82. The maximum absolute atomic E-state index is 12.1. The Balaban J connectivity index is 1.88. The van der Waals surface area contributed by atoms with E-state index >= 15 is 0 Å². The summed E-state index contributed by atoms with van der Waals surface area (Å²) in [5.41, 5.74) is 1.36. The van der Waals surface area contributed by atoms with Crippen LogP contribution in [0.15, 0.2) is 40.2 Å². The zero-order valence-electron chi connectivity index (χ0n) is 12.5. The highest BCUT2D eigenvalue weighted by Gasteiger charge is 2.09. The number of benzene rings is 1. The first-order valence-electron chi connectivity index (χ1n) is 7.00. The molecule has 0 spiro atoms. The van der Waals surface area contributed by atoms with Crippen LogP contribution in [0.1, 0.15) is 30.6 Å². The number of nitrogens with one attached hydrogen (secondary N) is 1. The molecule has 0 fully saturated rings. The molecule has 2 aromatic rings. The predicted molar refractivity (Wildman–Crippen MR) is 91.7 cm³/mol. The molecule has 0 bridgehead atoms. The SMILES string of the molecule is CC(C)CC(=O)Nc1ccc(C(=O)CSc2nccs2)cc1. The van der Waals surface area contributed by atoms with Crippen molar-refractivity contribution in [3.8, 4) is 0 Å². The zero-order chi connectivity index (χ0) is 15.9. The Morgan fingerprint density at radius 1 is 1.27 bits per heavy atom. The molecule has 6 heteroatoms. The van der Waals surface area contributed by atoms with Gasteiger partial charge in [-0.05, 0) is 30.2 Å². The molecule has 2 rings (SSSR count). The van der Waals surface area contributed by atoms with Crippen LogP contribution in [-0.2, 0) is 4.79 Å². The molecule has 0 aliphatic rings. The van der Waals surface area contributed by atoms with Crippen LogP contribution >= 0.6 is 23.1 Å². The summed E-state index contributed by atoms with van der Waals surface area (Å²) in [6.45, 7) is 4.00. The van der Waals surface area contributed by atoms with Crippen LogP contribution in [0.5, 0.6) is 0 Å². The van der Waals surface area contributed by atoms with E-state index in [0.717, 1.165) is 10.0 Å². The molecule has 1 aromatic heterocycles. The van der Waals surface area contributed by atoms with Crippen LogP contribution in [0.4, 0.5) is 5.69 Å². The fourth-order valence-corrected chi connectivity index (χ4v) is 3.35. The number of hydrogen-bond acceptors (Lipinski definition) is 5. The third-order valence-corrected chi connectivity index (χ3v) is 4.79. The second-order valence-corrected chi connectivity index (χ2v) is 7.35. The summed E-state index contributed by atoms with van der Waals surface area (Å²) in [6.07, 6.45) is 2.22. The number of hydrogen-bond donors (Lipinski definition) is 1. The van der Waals surface area contributed by atoms with Crippen molar-refractivity contribution in [3.05, 3.63) is 41.4 Å². The van der Waals surface area contributed by atoms with E-state index < -0.39 is 0 Å². The van der Waals surface area contributed by atoms with Gasteiger partial charge in [0.2, 0.25) is 5.91 Å². The van der Waals surface area contributed by atoms with Crippen molar-refractivity contribution in [2.24, 2.45) is 5.92 Å². The van der Waals surface area contributed by atoms with Gasteiger partial charge in [-0.1, -0.05) is 25.6 Å². The minimum atomic E-state index is -0.00611. The van der Waals surface area contributed by atoms with E-state index in [0.29, 0.717) is 23.7 Å². The highest BCUT2D eigenvalue weighted by Crippen LogP contribution is 2.21. The summed E-state index contributed by atoms with van der Waals surface area (Å²) < 4.78 is 0.894. The molecule has 0 saturated carbocycles. The van der Waals surface area contributed by atoms with Gasteiger partial charge in [0.1, 0.15) is 4.34 Å². The number of carbonyl (C=O) groups is 2. The fourth-order valence-electron chi connectivity index (χ4n) is 1.81. The quantitative estimate of drug-likeness (QED) is 0.612. The first-order valence-corrected chi connectivity index (χ1v) is 8.86. The number of Topliss-reactive ketones (excluding diaryl/α,β-unsaturated/α-hetero) is 1. The predicted octanol–water partition coefficient (Wildman–Crippen LogP) is 4.10. The Hall–Kier alpha value is -1.66. The Morgan fingerprint density at radius 2 is 2.00 bits per heavy atom. The van der Waals surface area contributed by atoms with Crippen LogP contribution < -0.4 is 5.32 Å². The van der Waals surface area contributed by atoms with Crippen molar-refractivity contribution in [3.63, 3.8) is 0 Å². The van der Waals surface area contributed by atoms with Gasteiger partial charge in [0, 0.05) is 29.2 Å². The highest BCUT2D eigenvalue weighted by atomic mass is 32.2. The van der Waals surface area contributed by atoms with Gasteiger partial charge in [0.25, 0.3) is 0 Å². The van der Waals surface area contributed by atoms with Crippen molar-refractivity contribution in [1.29, 1.82) is 0 Å². The lowest BCUT2D eigenvalue weighted by molar-refractivity contribution is -0.116. The van der Waals surface area contributed by atoms with E-state index in [2.05, 4.69) is 10.3 Å². The Bertz CT molecular complexity index is 622. The van der Waals surface area contributed by atoms with E-state index in [1.807, 2.05) is 19.2 Å². The number of thioether (sulfide) groups is 1. The number of ketones is 1. The topological polar surface area (TPSA) is 59.1 Å². The third kappa shape index (κ3) is 5.27. The van der Waals surface area contributed by atoms with Crippen LogP contribution in [0, 0.1) is 5.92 Å². The lowest BCUT2D eigenvalue weighted by Crippen LogP contribution is -2.13. The molecule has 1 heterocycles. The molecule has 1 N–H and O–H groups in total. The minimum absolute atomic E-state index is 0.00611. The molecule has 0 aliphatic carbocycles. The largest absolute Gasteiger partial charge is 0.326 e. The fraction of sp³-hybridized carbons (Fsp3) is 0.312. The van der Waals surface area contributed by atoms with Gasteiger partial charge >= 0.3 is 0 Å². The number of rotatable bonds is 7. The molecular weight excluding hydrogens is 316 g/mol. The lowest BCUT2D eigenvalue weighted by Gasteiger charge is -2.07. The van der Waals surface area contributed by atoms with E-state index in [4.69, 9.17) is 0 Å². The van der Waals surface area contributed by atoms with Crippen LogP contribution in [-0.4, -0.2) is 22.4 Å². The summed E-state index contributed by atoms with van der Waals surface area (Å²) in [4.78, 5) is 27.9. The summed E-state index contributed by atoms with van der Waals surface area (Å²) in [5.74, 6) is 0.740. The standard InChI is InChI=1S/C16H18N2O2S2/c1-11(2)9-15(20)18-13-5-3-12(4-6-13)14(19)10-22-16-17-7-8-21-16/h3-8,11H,9-10H2,1-2H3,(H,18,20). The minimum Gasteiger partial charge on any atom is -0.326 e. The Morgan fingerprint density at radius 3 is 2.59 bits per heavy atom. The number of aromatic nitrogens is 1. The number of thiazole rings is 1. The van der Waals surface area contributed by atoms with E-state index in [9.17, 15) is 9.59 Å². The van der Waals surface area contributed by atoms with Crippen LogP contribution in [0.3, 0.4) is 0 Å². The molecule has 0 unspecified atom stereocenters. The van der Waals surface area contributed by atoms with Crippen LogP contribution in [0.25, 0.3) is 0 Å². The lowest BCUT2D eigenvalue weighted by atomic mass is 10.1. The molecule has 0 atom stereocenters. The zero-order valence-corrected chi connectivity index (χ0v) is 14.2. The average molecular weight is 334 g/mol. The molecular formula is C16H18N2O2S2. The molecule has 22 heavy (non-hydrogen) atoms. The van der Waals surface area contributed by atoms with E-state index in [-0.39, 0.29) is 11.7 Å². The second-order valence-electron chi connectivity index (χ2n) is 5.23.